The predicted molar refractivity (Wildman–Crippen MR) is 101 cm³/mol. The third kappa shape index (κ3) is 4.63. The van der Waals surface area contributed by atoms with Gasteiger partial charge in [0.1, 0.15) is 22.9 Å². The van der Waals surface area contributed by atoms with Crippen molar-refractivity contribution in [2.75, 3.05) is 5.75 Å². The van der Waals surface area contributed by atoms with Crippen LogP contribution < -0.4 is 0 Å². The van der Waals surface area contributed by atoms with E-state index < -0.39 is 33.1 Å². The number of hydrogen-bond acceptors (Lipinski definition) is 4. The van der Waals surface area contributed by atoms with E-state index in [2.05, 4.69) is 4.98 Å². The van der Waals surface area contributed by atoms with E-state index in [0.29, 0.717) is 0 Å². The molecule has 0 radical (unpaired) electrons. The minimum Gasteiger partial charge on any atom is -0.291 e. The first-order chi connectivity index (χ1) is 13.5. The lowest BCUT2D eigenvalue weighted by Gasteiger charge is -2.09. The fraction of sp³-hybridized carbons (Fsp3) is 0.111. The molecule has 0 atom stereocenters. The van der Waals surface area contributed by atoms with Crippen LogP contribution >= 0.6 is 23.2 Å². The number of sulfone groups is 1. The summed E-state index contributed by atoms with van der Waals surface area (Å²) in [6.45, 7) is 0. The van der Waals surface area contributed by atoms with Gasteiger partial charge in [-0.1, -0.05) is 29.3 Å². The summed E-state index contributed by atoms with van der Waals surface area (Å²) in [6.07, 6.45) is -3.36. The van der Waals surface area contributed by atoms with Crippen molar-refractivity contribution < 1.29 is 26.4 Å². The number of Topliss-reactive ketones (excluding diaryl/α,β-unsaturated/α-hetero) is 1. The van der Waals surface area contributed by atoms with Gasteiger partial charge in [0.05, 0.1) is 10.5 Å². The smallest absolute Gasteiger partial charge is 0.291 e. The van der Waals surface area contributed by atoms with Crippen molar-refractivity contribution in [1.29, 1.82) is 0 Å². The maximum atomic E-state index is 12.7. The lowest BCUT2D eigenvalue weighted by molar-refractivity contribution is -0.137. The van der Waals surface area contributed by atoms with Crippen molar-refractivity contribution in [2.24, 2.45) is 0 Å². The van der Waals surface area contributed by atoms with Gasteiger partial charge in [-0.25, -0.2) is 13.4 Å². The molecule has 0 unspecified atom stereocenters. The van der Waals surface area contributed by atoms with E-state index in [9.17, 15) is 26.4 Å². The number of halogens is 5. The van der Waals surface area contributed by atoms with Crippen molar-refractivity contribution in [3.8, 4) is 5.69 Å². The summed E-state index contributed by atoms with van der Waals surface area (Å²) in [5.41, 5.74) is -0.925. The molecule has 152 valence electrons. The van der Waals surface area contributed by atoms with Crippen molar-refractivity contribution in [3.05, 3.63) is 76.3 Å². The molecular weight excluding hydrogens is 452 g/mol. The SMILES string of the molecule is O=C(CS(=O)(=O)c1cccc(Cl)c1)c1ncn(-c2ccc(C(F)(F)F)cc2)c1Cl. The van der Waals surface area contributed by atoms with Crippen LogP contribution in [-0.2, 0) is 16.0 Å². The second-order valence-electron chi connectivity index (χ2n) is 5.94. The second-order valence-corrected chi connectivity index (χ2v) is 8.72. The van der Waals surface area contributed by atoms with Crippen LogP contribution in [-0.4, -0.2) is 29.5 Å². The van der Waals surface area contributed by atoms with E-state index in [4.69, 9.17) is 23.2 Å². The highest BCUT2D eigenvalue weighted by atomic mass is 35.5. The molecule has 0 spiro atoms. The van der Waals surface area contributed by atoms with Gasteiger partial charge in [-0.15, -0.1) is 0 Å². The fourth-order valence-electron chi connectivity index (χ4n) is 2.50. The largest absolute Gasteiger partial charge is 0.416 e. The number of hydrogen-bond donors (Lipinski definition) is 0. The summed E-state index contributed by atoms with van der Waals surface area (Å²) in [5.74, 6) is -1.75. The number of ketones is 1. The minimum atomic E-state index is -4.49. The molecule has 0 aliphatic carbocycles. The number of imidazole rings is 1. The number of benzene rings is 2. The molecule has 3 rings (SSSR count). The Morgan fingerprint density at radius 1 is 1.07 bits per heavy atom. The van der Waals surface area contributed by atoms with Gasteiger partial charge in [-0.05, 0) is 42.5 Å². The lowest BCUT2D eigenvalue weighted by Crippen LogP contribution is -2.17. The predicted octanol–water partition coefficient (Wildman–Crippen LogP) is 4.85. The topological polar surface area (TPSA) is 69.0 Å². The Labute approximate surface area is 173 Å². The average molecular weight is 463 g/mol. The molecular formula is C18H11Cl2F3N2O3S. The first kappa shape index (κ1) is 21.4. The Kier molecular flexibility index (Phi) is 5.75. The van der Waals surface area contributed by atoms with E-state index >= 15 is 0 Å². The normalized spacial score (nSPS) is 12.2. The third-order valence-corrected chi connectivity index (χ3v) is 6.13. The van der Waals surface area contributed by atoms with E-state index in [1.807, 2.05) is 0 Å². The molecule has 0 saturated heterocycles. The maximum Gasteiger partial charge on any atom is 0.416 e. The number of nitrogens with zero attached hydrogens (tertiary/aromatic N) is 2. The van der Waals surface area contributed by atoms with Gasteiger partial charge in [0.15, 0.2) is 15.6 Å². The molecule has 29 heavy (non-hydrogen) atoms. The second kappa shape index (κ2) is 7.81. The van der Waals surface area contributed by atoms with Gasteiger partial charge in [0.25, 0.3) is 0 Å². The molecule has 0 bridgehead atoms. The zero-order valence-corrected chi connectivity index (χ0v) is 16.6. The van der Waals surface area contributed by atoms with E-state index in [0.717, 1.165) is 30.6 Å². The molecule has 11 heteroatoms. The summed E-state index contributed by atoms with van der Waals surface area (Å²) in [4.78, 5) is 16.1. The van der Waals surface area contributed by atoms with Crippen LogP contribution in [0.25, 0.3) is 5.69 Å². The Balaban J connectivity index is 1.86. The van der Waals surface area contributed by atoms with E-state index in [-0.39, 0.29) is 26.5 Å². The molecule has 0 aliphatic rings. The summed E-state index contributed by atoms with van der Waals surface area (Å²) >= 11 is 11.9. The summed E-state index contributed by atoms with van der Waals surface area (Å²) < 4.78 is 64.1. The van der Waals surface area contributed by atoms with Crippen LogP contribution in [0, 0.1) is 0 Å². The maximum absolute atomic E-state index is 12.7. The van der Waals surface area contributed by atoms with Gasteiger partial charge in [0, 0.05) is 10.7 Å². The molecule has 0 aliphatic heterocycles. The van der Waals surface area contributed by atoms with Gasteiger partial charge < -0.3 is 0 Å². The van der Waals surface area contributed by atoms with Crippen molar-refractivity contribution in [3.63, 3.8) is 0 Å². The van der Waals surface area contributed by atoms with Crippen LogP contribution in [0.4, 0.5) is 13.2 Å². The summed E-state index contributed by atoms with van der Waals surface area (Å²) in [5, 5.41) is -0.0146. The van der Waals surface area contributed by atoms with Crippen LogP contribution in [0.5, 0.6) is 0 Å². The van der Waals surface area contributed by atoms with E-state index in [1.165, 1.54) is 28.8 Å². The third-order valence-electron chi connectivity index (χ3n) is 3.92. The van der Waals surface area contributed by atoms with Gasteiger partial charge in [-0.2, -0.15) is 13.2 Å². The Morgan fingerprint density at radius 3 is 2.31 bits per heavy atom. The number of rotatable bonds is 5. The average Bonchev–Trinajstić information content (AvgIpc) is 3.02. The van der Waals surface area contributed by atoms with Gasteiger partial charge in [-0.3, -0.25) is 9.36 Å². The van der Waals surface area contributed by atoms with Crippen LogP contribution in [0.2, 0.25) is 10.2 Å². The zero-order chi connectivity index (χ0) is 21.4. The molecule has 1 heterocycles. The highest BCUT2D eigenvalue weighted by Gasteiger charge is 2.30. The highest BCUT2D eigenvalue weighted by molar-refractivity contribution is 7.92. The first-order valence-electron chi connectivity index (χ1n) is 7.91. The number of carbonyl (C=O) groups is 1. The van der Waals surface area contributed by atoms with Gasteiger partial charge in [0.2, 0.25) is 0 Å². The van der Waals surface area contributed by atoms with Crippen LogP contribution in [0.1, 0.15) is 16.1 Å². The van der Waals surface area contributed by atoms with Crippen LogP contribution in [0.15, 0.2) is 59.8 Å². The molecule has 0 saturated carbocycles. The number of aromatic nitrogens is 2. The lowest BCUT2D eigenvalue weighted by atomic mass is 10.2. The molecule has 2 aromatic carbocycles. The molecule has 1 aromatic heterocycles. The highest BCUT2D eigenvalue weighted by Crippen LogP contribution is 2.30. The zero-order valence-electron chi connectivity index (χ0n) is 14.3. The van der Waals surface area contributed by atoms with Crippen molar-refractivity contribution >= 4 is 38.8 Å². The molecule has 0 amide bonds. The minimum absolute atomic E-state index is 0.128. The van der Waals surface area contributed by atoms with Crippen molar-refractivity contribution in [2.45, 2.75) is 11.1 Å². The molecule has 3 aromatic rings. The quantitative estimate of drug-likeness (QED) is 0.508. The number of carbonyl (C=O) groups excluding carboxylic acids is 1. The van der Waals surface area contributed by atoms with Gasteiger partial charge >= 0.3 is 6.18 Å². The van der Waals surface area contributed by atoms with E-state index in [1.54, 1.807) is 0 Å². The Morgan fingerprint density at radius 2 is 1.72 bits per heavy atom. The molecule has 0 N–H and O–H groups in total. The van der Waals surface area contributed by atoms with Crippen LogP contribution in [0.3, 0.4) is 0 Å². The fourth-order valence-corrected chi connectivity index (χ4v) is 4.29. The number of alkyl halides is 3. The first-order valence-corrected chi connectivity index (χ1v) is 10.3. The Hall–Kier alpha value is -2.36. The standard InChI is InChI=1S/C18H11Cl2F3N2O3S/c19-12-2-1-3-14(8-12)29(27,28)9-15(26)16-17(20)25(10-24-16)13-6-4-11(5-7-13)18(21,22)23/h1-8,10H,9H2. The summed E-state index contributed by atoms with van der Waals surface area (Å²) in [6, 6.07) is 9.48. The summed E-state index contributed by atoms with van der Waals surface area (Å²) in [7, 11) is -3.99. The monoisotopic (exact) mass is 462 g/mol. The van der Waals surface area contributed by atoms with Crippen molar-refractivity contribution in [1.82, 2.24) is 9.55 Å². The molecule has 5 nitrogen and oxygen atoms in total. The molecule has 0 fully saturated rings. The Bertz CT molecular complexity index is 1170.